The normalized spacial score (nSPS) is 11.1. The molecule has 0 saturated carbocycles. The van der Waals surface area contributed by atoms with Crippen molar-refractivity contribution in [3.63, 3.8) is 0 Å². The average Bonchev–Trinajstić information content (AvgIpc) is 3.16. The smallest absolute Gasteiger partial charge is 0.251 e. The predicted molar refractivity (Wildman–Crippen MR) is 136 cm³/mol. The van der Waals surface area contributed by atoms with Gasteiger partial charge in [0.25, 0.3) is 5.91 Å². The van der Waals surface area contributed by atoms with Crippen LogP contribution in [0.3, 0.4) is 0 Å². The maximum Gasteiger partial charge on any atom is 0.251 e. The summed E-state index contributed by atoms with van der Waals surface area (Å²) >= 11 is 12.3. The van der Waals surface area contributed by atoms with Gasteiger partial charge in [-0.05, 0) is 61.2 Å². The number of amides is 1. The fourth-order valence-electron chi connectivity index (χ4n) is 4.02. The summed E-state index contributed by atoms with van der Waals surface area (Å²) < 4.78 is 2.26. The van der Waals surface area contributed by atoms with Crippen LogP contribution in [0, 0.1) is 6.92 Å². The Morgan fingerprint density at radius 1 is 0.939 bits per heavy atom. The van der Waals surface area contributed by atoms with E-state index >= 15 is 0 Å². The van der Waals surface area contributed by atoms with Crippen LogP contribution in [-0.2, 0) is 13.0 Å². The zero-order chi connectivity index (χ0) is 23.2. The fraction of sp³-hybridized carbons (Fsp3) is 0.259. The molecule has 4 nitrogen and oxygen atoms in total. The number of imidazole rings is 1. The lowest BCUT2D eigenvalue weighted by atomic mass is 10.1. The van der Waals surface area contributed by atoms with Crippen LogP contribution in [0.4, 0.5) is 0 Å². The fourth-order valence-corrected chi connectivity index (χ4v) is 4.34. The number of hydrogen-bond donors (Lipinski definition) is 1. The molecule has 0 aliphatic rings. The highest BCUT2D eigenvalue weighted by Crippen LogP contribution is 2.25. The van der Waals surface area contributed by atoms with Crippen molar-refractivity contribution in [1.82, 2.24) is 14.9 Å². The monoisotopic (exact) mass is 479 g/mol. The van der Waals surface area contributed by atoms with Gasteiger partial charge in [-0.15, -0.1) is 0 Å². The third kappa shape index (κ3) is 5.76. The van der Waals surface area contributed by atoms with Crippen molar-refractivity contribution in [2.24, 2.45) is 0 Å². The molecule has 4 aromatic rings. The largest absolute Gasteiger partial charge is 0.352 e. The Labute approximate surface area is 204 Å². The zero-order valence-corrected chi connectivity index (χ0v) is 20.2. The minimum atomic E-state index is -0.00322. The lowest BCUT2D eigenvalue weighted by Crippen LogP contribution is -2.25. The molecular formula is C27H27Cl2N3O. The minimum absolute atomic E-state index is 0.00322. The molecule has 1 amide bonds. The molecule has 170 valence electrons. The topological polar surface area (TPSA) is 46.9 Å². The Hall–Kier alpha value is -2.82. The van der Waals surface area contributed by atoms with E-state index in [2.05, 4.69) is 16.0 Å². The summed E-state index contributed by atoms with van der Waals surface area (Å²) in [6.07, 6.45) is 3.83. The highest BCUT2D eigenvalue weighted by molar-refractivity contribution is 6.42. The van der Waals surface area contributed by atoms with E-state index in [-0.39, 0.29) is 5.91 Å². The van der Waals surface area contributed by atoms with Crippen LogP contribution >= 0.6 is 23.2 Å². The molecule has 0 fully saturated rings. The number of halogens is 2. The molecule has 1 N–H and O–H groups in total. The second-order valence-electron chi connectivity index (χ2n) is 8.23. The molecule has 0 bridgehead atoms. The second-order valence-corrected chi connectivity index (χ2v) is 9.05. The minimum Gasteiger partial charge on any atom is -0.352 e. The number of carbonyl (C=O) groups is 1. The first-order valence-corrected chi connectivity index (χ1v) is 12.0. The van der Waals surface area contributed by atoms with Gasteiger partial charge in [-0.2, -0.15) is 0 Å². The van der Waals surface area contributed by atoms with Crippen LogP contribution in [-0.4, -0.2) is 22.0 Å². The van der Waals surface area contributed by atoms with Crippen molar-refractivity contribution in [3.8, 4) is 0 Å². The predicted octanol–water partition coefficient (Wildman–Crippen LogP) is 6.84. The number of rotatable bonds is 9. The summed E-state index contributed by atoms with van der Waals surface area (Å²) in [7, 11) is 0. The zero-order valence-electron chi connectivity index (χ0n) is 18.7. The molecule has 0 aliphatic carbocycles. The Balaban J connectivity index is 1.34. The molecule has 0 atom stereocenters. The standard InChI is InChI=1S/C27H27Cl2N3O/c1-19-9-4-5-10-21(19)27(33)30-16-8-2-3-13-26-31-24-11-6-7-12-25(24)32(26)18-20-14-15-22(28)23(29)17-20/h4-7,9-12,14-15,17H,2-3,8,13,16,18H2,1H3,(H,30,33). The number of hydrogen-bond acceptors (Lipinski definition) is 2. The first-order valence-electron chi connectivity index (χ1n) is 11.2. The van der Waals surface area contributed by atoms with Crippen molar-refractivity contribution >= 4 is 40.1 Å². The van der Waals surface area contributed by atoms with Gasteiger partial charge in [0.15, 0.2) is 0 Å². The Morgan fingerprint density at radius 2 is 1.73 bits per heavy atom. The van der Waals surface area contributed by atoms with Crippen LogP contribution in [0.15, 0.2) is 66.7 Å². The van der Waals surface area contributed by atoms with E-state index in [1.54, 1.807) is 0 Å². The lowest BCUT2D eigenvalue weighted by molar-refractivity contribution is 0.0952. The van der Waals surface area contributed by atoms with Gasteiger partial charge in [0, 0.05) is 25.1 Å². The molecule has 1 heterocycles. The Bertz CT molecular complexity index is 1270. The van der Waals surface area contributed by atoms with Crippen molar-refractivity contribution in [3.05, 3.63) is 99.3 Å². The van der Waals surface area contributed by atoms with Gasteiger partial charge in [-0.25, -0.2) is 4.98 Å². The van der Waals surface area contributed by atoms with Crippen molar-refractivity contribution < 1.29 is 4.79 Å². The second kappa shape index (κ2) is 10.9. The van der Waals surface area contributed by atoms with Crippen LogP contribution in [0.5, 0.6) is 0 Å². The summed E-state index contributed by atoms with van der Waals surface area (Å²) in [4.78, 5) is 17.2. The van der Waals surface area contributed by atoms with Gasteiger partial charge in [0.05, 0.1) is 21.1 Å². The number of aryl methyl sites for hydroxylation is 2. The summed E-state index contributed by atoms with van der Waals surface area (Å²) in [5.74, 6) is 1.06. The van der Waals surface area contributed by atoms with Crippen LogP contribution in [0.25, 0.3) is 11.0 Å². The van der Waals surface area contributed by atoms with Crippen molar-refractivity contribution in [2.45, 2.75) is 39.2 Å². The van der Waals surface area contributed by atoms with Gasteiger partial charge >= 0.3 is 0 Å². The maximum absolute atomic E-state index is 12.3. The molecule has 0 radical (unpaired) electrons. The first-order chi connectivity index (χ1) is 16.0. The number of para-hydroxylation sites is 2. The first kappa shape index (κ1) is 23.3. The highest BCUT2D eigenvalue weighted by Gasteiger charge is 2.12. The van der Waals surface area contributed by atoms with Crippen LogP contribution in [0.2, 0.25) is 10.0 Å². The number of benzene rings is 3. The third-order valence-electron chi connectivity index (χ3n) is 5.81. The Kier molecular flexibility index (Phi) is 7.69. The van der Waals surface area contributed by atoms with E-state index in [9.17, 15) is 4.79 Å². The average molecular weight is 480 g/mol. The number of nitrogens with zero attached hydrogens (tertiary/aromatic N) is 2. The molecule has 0 saturated heterocycles. The van der Waals surface area contributed by atoms with Gasteiger partial charge in [0.2, 0.25) is 0 Å². The molecule has 0 spiro atoms. The number of unbranched alkanes of at least 4 members (excludes halogenated alkanes) is 2. The van der Waals surface area contributed by atoms with Gasteiger partial charge in [-0.1, -0.05) is 66.0 Å². The number of nitrogens with one attached hydrogen (secondary N) is 1. The van der Waals surface area contributed by atoms with Gasteiger partial charge in [-0.3, -0.25) is 4.79 Å². The molecule has 0 unspecified atom stereocenters. The van der Waals surface area contributed by atoms with Crippen LogP contribution < -0.4 is 5.32 Å². The molecule has 4 rings (SSSR count). The maximum atomic E-state index is 12.3. The van der Waals surface area contributed by atoms with Gasteiger partial charge in [0.1, 0.15) is 5.82 Å². The molecule has 0 aliphatic heterocycles. The van der Waals surface area contributed by atoms with Gasteiger partial charge < -0.3 is 9.88 Å². The molecule has 1 aromatic heterocycles. The summed E-state index contributed by atoms with van der Waals surface area (Å²) in [5, 5.41) is 4.15. The number of fused-ring (bicyclic) bond motifs is 1. The summed E-state index contributed by atoms with van der Waals surface area (Å²) in [5.41, 5.74) is 4.94. The third-order valence-corrected chi connectivity index (χ3v) is 6.55. The SMILES string of the molecule is Cc1ccccc1C(=O)NCCCCCc1nc2ccccc2n1Cc1ccc(Cl)c(Cl)c1. The molecule has 6 heteroatoms. The summed E-state index contributed by atoms with van der Waals surface area (Å²) in [6, 6.07) is 21.6. The van der Waals surface area contributed by atoms with E-state index < -0.39 is 0 Å². The molecule has 33 heavy (non-hydrogen) atoms. The summed E-state index contributed by atoms with van der Waals surface area (Å²) in [6.45, 7) is 3.32. The Morgan fingerprint density at radius 3 is 2.55 bits per heavy atom. The molecule has 3 aromatic carbocycles. The van der Waals surface area contributed by atoms with Crippen LogP contribution in [0.1, 0.15) is 46.6 Å². The highest BCUT2D eigenvalue weighted by atomic mass is 35.5. The van der Waals surface area contributed by atoms with E-state index in [1.165, 1.54) is 0 Å². The number of carbonyl (C=O) groups excluding carboxylic acids is 1. The number of aromatic nitrogens is 2. The molecular weight excluding hydrogens is 453 g/mol. The lowest BCUT2D eigenvalue weighted by Gasteiger charge is -2.11. The van der Waals surface area contributed by atoms with E-state index in [0.29, 0.717) is 23.1 Å². The quantitative estimate of drug-likeness (QED) is 0.267. The van der Waals surface area contributed by atoms with Crippen molar-refractivity contribution in [1.29, 1.82) is 0 Å². The van der Waals surface area contributed by atoms with Crippen molar-refractivity contribution in [2.75, 3.05) is 6.54 Å². The van der Waals surface area contributed by atoms with E-state index in [4.69, 9.17) is 28.2 Å². The van der Waals surface area contributed by atoms with E-state index in [1.807, 2.05) is 67.6 Å². The van der Waals surface area contributed by atoms with E-state index in [0.717, 1.165) is 59.2 Å².